The van der Waals surface area contributed by atoms with Crippen LogP contribution in [0.4, 0.5) is 0 Å². The summed E-state index contributed by atoms with van der Waals surface area (Å²) in [6, 6.07) is 0.719. The van der Waals surface area contributed by atoms with Crippen molar-refractivity contribution < 1.29 is 4.74 Å². The van der Waals surface area contributed by atoms with Crippen LogP contribution in [0.5, 0.6) is 0 Å². The fourth-order valence-corrected chi connectivity index (χ4v) is 2.58. The predicted octanol–water partition coefficient (Wildman–Crippen LogP) is 0.809. The Morgan fingerprint density at radius 3 is 3.00 bits per heavy atom. The minimum Gasteiger partial charge on any atom is -0.380 e. The van der Waals surface area contributed by atoms with Crippen molar-refractivity contribution in [1.82, 2.24) is 25.2 Å². The van der Waals surface area contributed by atoms with Crippen LogP contribution in [0.2, 0.25) is 0 Å². The molecule has 1 aliphatic heterocycles. The number of hydrogen-bond donors (Lipinski definition) is 1. The minimum atomic E-state index is 0.719. The van der Waals surface area contributed by atoms with E-state index in [-0.39, 0.29) is 0 Å². The maximum atomic E-state index is 5.18. The van der Waals surface area contributed by atoms with Gasteiger partial charge in [-0.1, -0.05) is 11.3 Å². The summed E-state index contributed by atoms with van der Waals surface area (Å²) in [5, 5.41) is 11.9. The average Bonchev–Trinajstić information content (AvgIpc) is 3.23. The molecule has 0 unspecified atom stereocenters. The summed E-state index contributed by atoms with van der Waals surface area (Å²) in [5.41, 5.74) is 2.46. The van der Waals surface area contributed by atoms with Gasteiger partial charge in [0, 0.05) is 45.5 Å². The van der Waals surface area contributed by atoms with Crippen LogP contribution in [0.3, 0.4) is 0 Å². The predicted molar refractivity (Wildman–Crippen MR) is 80.9 cm³/mol. The first-order valence-electron chi connectivity index (χ1n) is 7.85. The summed E-state index contributed by atoms with van der Waals surface area (Å²) >= 11 is 0. The largest absolute Gasteiger partial charge is 0.380 e. The Balaban J connectivity index is 1.38. The van der Waals surface area contributed by atoms with Crippen molar-refractivity contribution in [2.24, 2.45) is 0 Å². The van der Waals surface area contributed by atoms with E-state index >= 15 is 0 Å². The summed E-state index contributed by atoms with van der Waals surface area (Å²) in [5.74, 6) is 0. The second kappa shape index (κ2) is 7.15. The van der Waals surface area contributed by atoms with Crippen LogP contribution in [-0.4, -0.2) is 59.3 Å². The molecular weight excluding hydrogens is 266 g/mol. The van der Waals surface area contributed by atoms with E-state index in [2.05, 4.69) is 32.8 Å². The zero-order valence-corrected chi connectivity index (χ0v) is 12.8. The van der Waals surface area contributed by atoms with E-state index in [1.807, 2.05) is 4.68 Å². The van der Waals surface area contributed by atoms with E-state index in [9.17, 15) is 0 Å². The van der Waals surface area contributed by atoms with Gasteiger partial charge in [-0.2, -0.15) is 0 Å². The van der Waals surface area contributed by atoms with Crippen molar-refractivity contribution in [3.63, 3.8) is 0 Å². The molecule has 0 aromatic carbocycles. The summed E-state index contributed by atoms with van der Waals surface area (Å²) < 4.78 is 7.13. The minimum absolute atomic E-state index is 0.719. The van der Waals surface area contributed by atoms with E-state index < -0.39 is 0 Å². The third-order valence-corrected chi connectivity index (χ3v) is 4.10. The van der Waals surface area contributed by atoms with Crippen molar-refractivity contribution in [3.05, 3.63) is 23.5 Å². The van der Waals surface area contributed by atoms with Crippen LogP contribution < -0.4 is 5.32 Å². The fraction of sp³-hybridized carbons (Fsp3) is 0.733. The molecule has 0 spiro atoms. The molecule has 1 fully saturated rings. The first-order valence-corrected chi connectivity index (χ1v) is 7.85. The molecule has 1 saturated carbocycles. The maximum absolute atomic E-state index is 5.18. The Hall–Kier alpha value is -1.24. The molecule has 1 N–H and O–H groups in total. The lowest BCUT2D eigenvalue weighted by Crippen LogP contribution is -2.32. The van der Waals surface area contributed by atoms with E-state index in [0.29, 0.717) is 0 Å². The van der Waals surface area contributed by atoms with Gasteiger partial charge in [-0.25, -0.2) is 0 Å². The van der Waals surface area contributed by atoms with Gasteiger partial charge in [0.15, 0.2) is 0 Å². The van der Waals surface area contributed by atoms with Crippen LogP contribution in [0.1, 0.15) is 25.0 Å². The van der Waals surface area contributed by atoms with E-state index in [4.69, 9.17) is 4.74 Å². The summed E-state index contributed by atoms with van der Waals surface area (Å²) in [7, 11) is 1.76. The molecule has 0 radical (unpaired) electrons. The molecule has 2 heterocycles. The molecule has 0 amide bonds. The Labute approximate surface area is 126 Å². The Morgan fingerprint density at radius 2 is 2.29 bits per heavy atom. The molecule has 0 bridgehead atoms. The highest BCUT2D eigenvalue weighted by molar-refractivity contribution is 5.07. The monoisotopic (exact) mass is 291 g/mol. The van der Waals surface area contributed by atoms with Gasteiger partial charge in [-0.15, -0.1) is 5.10 Å². The third kappa shape index (κ3) is 4.62. The second-order valence-corrected chi connectivity index (χ2v) is 5.97. The number of nitrogens with zero attached hydrogens (tertiary/aromatic N) is 4. The molecule has 0 saturated heterocycles. The highest BCUT2D eigenvalue weighted by atomic mass is 16.5. The highest BCUT2D eigenvalue weighted by Gasteiger charge is 2.20. The maximum Gasteiger partial charge on any atom is 0.0964 e. The zero-order chi connectivity index (χ0) is 14.5. The standard InChI is InChI=1S/C15H25N5O/c1-21-12-13-4-6-19(7-5-13)8-9-20-11-15(17-18-20)10-16-14-2-3-14/h4,11,14,16H,2-3,5-10,12H2,1H3. The molecule has 1 aliphatic carbocycles. The van der Waals surface area contributed by atoms with Crippen LogP contribution in [0, 0.1) is 0 Å². The van der Waals surface area contributed by atoms with Crippen molar-refractivity contribution in [3.8, 4) is 0 Å². The number of nitrogens with one attached hydrogen (secondary N) is 1. The first kappa shape index (κ1) is 14.7. The van der Waals surface area contributed by atoms with Crippen LogP contribution in [0.15, 0.2) is 17.8 Å². The molecular formula is C15H25N5O. The Morgan fingerprint density at radius 1 is 1.38 bits per heavy atom. The number of methoxy groups -OCH3 is 1. The average molecular weight is 291 g/mol. The fourth-order valence-electron chi connectivity index (χ4n) is 2.58. The van der Waals surface area contributed by atoms with Crippen molar-refractivity contribution in [2.45, 2.75) is 38.4 Å². The molecule has 0 atom stereocenters. The molecule has 1 aromatic heterocycles. The molecule has 116 valence electrons. The lowest BCUT2D eigenvalue weighted by atomic mass is 10.1. The third-order valence-electron chi connectivity index (χ3n) is 4.10. The number of rotatable bonds is 8. The van der Waals surface area contributed by atoms with Crippen molar-refractivity contribution in [2.75, 3.05) is 33.4 Å². The van der Waals surface area contributed by atoms with E-state index in [1.165, 1.54) is 18.4 Å². The topological polar surface area (TPSA) is 55.2 Å². The molecule has 6 nitrogen and oxygen atoms in total. The number of aromatic nitrogens is 3. The van der Waals surface area contributed by atoms with Gasteiger partial charge >= 0.3 is 0 Å². The molecule has 21 heavy (non-hydrogen) atoms. The van der Waals surface area contributed by atoms with Crippen molar-refractivity contribution >= 4 is 0 Å². The molecule has 2 aliphatic rings. The lowest BCUT2D eigenvalue weighted by Gasteiger charge is -2.25. The van der Waals surface area contributed by atoms with E-state index in [1.54, 1.807) is 7.11 Å². The molecule has 1 aromatic rings. The first-order chi connectivity index (χ1) is 10.3. The smallest absolute Gasteiger partial charge is 0.0964 e. The van der Waals surface area contributed by atoms with Crippen molar-refractivity contribution in [1.29, 1.82) is 0 Å². The SMILES string of the molecule is COCC1=CCN(CCn2cc(CNC3CC3)nn2)CC1. The lowest BCUT2D eigenvalue weighted by molar-refractivity contribution is 0.209. The zero-order valence-electron chi connectivity index (χ0n) is 12.8. The summed E-state index contributed by atoms with van der Waals surface area (Å²) in [6.07, 6.45) is 8.08. The Bertz CT molecular complexity index is 480. The summed E-state index contributed by atoms with van der Waals surface area (Å²) in [6.45, 7) is 5.68. The quantitative estimate of drug-likeness (QED) is 0.718. The highest BCUT2D eigenvalue weighted by Crippen LogP contribution is 2.18. The van der Waals surface area contributed by atoms with Gasteiger partial charge in [-0.05, 0) is 24.8 Å². The molecule has 3 rings (SSSR count). The Kier molecular flexibility index (Phi) is 5.00. The normalized spacial score (nSPS) is 19.8. The number of ether oxygens (including phenoxy) is 1. The number of hydrogen-bond acceptors (Lipinski definition) is 5. The van der Waals surface area contributed by atoms with Gasteiger partial charge in [0.1, 0.15) is 0 Å². The van der Waals surface area contributed by atoms with Gasteiger partial charge in [-0.3, -0.25) is 9.58 Å². The van der Waals surface area contributed by atoms with Crippen LogP contribution in [0.25, 0.3) is 0 Å². The molecule has 6 heteroatoms. The van der Waals surface area contributed by atoms with Gasteiger partial charge in [0.2, 0.25) is 0 Å². The van der Waals surface area contributed by atoms with Gasteiger partial charge in [0.05, 0.1) is 18.8 Å². The van der Waals surface area contributed by atoms with Crippen LogP contribution >= 0.6 is 0 Å². The second-order valence-electron chi connectivity index (χ2n) is 5.97. The van der Waals surface area contributed by atoms with Gasteiger partial charge in [0.25, 0.3) is 0 Å². The van der Waals surface area contributed by atoms with E-state index in [0.717, 1.165) is 57.5 Å². The van der Waals surface area contributed by atoms with Gasteiger partial charge < -0.3 is 10.1 Å². The van der Waals surface area contributed by atoms with Crippen LogP contribution in [-0.2, 0) is 17.8 Å². The summed E-state index contributed by atoms with van der Waals surface area (Å²) in [4.78, 5) is 2.45.